The Labute approximate surface area is 112 Å². The van der Waals surface area contributed by atoms with Gasteiger partial charge < -0.3 is 4.52 Å². The maximum Gasteiger partial charge on any atom is 0.241 e. The molecule has 6 heteroatoms. The first-order chi connectivity index (χ1) is 8.69. The SMILES string of the molecule is CS(=O)c1ccc(C=Cc2noc(CCl)n2)cc1. The highest BCUT2D eigenvalue weighted by molar-refractivity contribution is 7.84. The molecule has 0 aliphatic heterocycles. The largest absolute Gasteiger partial charge is 0.338 e. The van der Waals surface area contributed by atoms with Crippen LogP contribution in [0.1, 0.15) is 17.3 Å². The Hall–Kier alpha value is -1.46. The normalized spacial score (nSPS) is 13.0. The van der Waals surface area contributed by atoms with Crippen molar-refractivity contribution < 1.29 is 8.73 Å². The summed E-state index contributed by atoms with van der Waals surface area (Å²) in [7, 11) is -0.954. The van der Waals surface area contributed by atoms with Gasteiger partial charge in [0.1, 0.15) is 5.88 Å². The zero-order chi connectivity index (χ0) is 13.0. The standard InChI is InChI=1S/C12H11ClN2O2S/c1-18(16)10-5-2-9(3-6-10)4-7-11-14-12(8-13)17-15-11/h2-7H,8H2,1H3. The third-order valence-electron chi connectivity index (χ3n) is 2.23. The Morgan fingerprint density at radius 3 is 2.61 bits per heavy atom. The topological polar surface area (TPSA) is 56.0 Å². The fraction of sp³-hybridized carbons (Fsp3) is 0.167. The summed E-state index contributed by atoms with van der Waals surface area (Å²) in [5.41, 5.74) is 0.974. The van der Waals surface area contributed by atoms with Crippen LogP contribution in [0.15, 0.2) is 33.7 Å². The van der Waals surface area contributed by atoms with Crippen molar-refractivity contribution in [1.82, 2.24) is 10.1 Å². The van der Waals surface area contributed by atoms with Crippen molar-refractivity contribution in [3.63, 3.8) is 0 Å². The number of nitrogens with zero attached hydrogens (tertiary/aromatic N) is 2. The molecule has 94 valence electrons. The number of hydrogen-bond acceptors (Lipinski definition) is 4. The van der Waals surface area contributed by atoms with Crippen molar-refractivity contribution in [3.8, 4) is 0 Å². The van der Waals surface area contributed by atoms with E-state index in [9.17, 15) is 4.21 Å². The van der Waals surface area contributed by atoms with E-state index in [0.717, 1.165) is 10.5 Å². The Kier molecular flexibility index (Phi) is 4.28. The Morgan fingerprint density at radius 1 is 1.33 bits per heavy atom. The van der Waals surface area contributed by atoms with Gasteiger partial charge in [0.25, 0.3) is 0 Å². The van der Waals surface area contributed by atoms with Gasteiger partial charge in [-0.3, -0.25) is 4.21 Å². The molecule has 0 amide bonds. The van der Waals surface area contributed by atoms with E-state index in [1.165, 1.54) is 0 Å². The summed E-state index contributed by atoms with van der Waals surface area (Å²) in [4.78, 5) is 4.85. The van der Waals surface area contributed by atoms with Gasteiger partial charge in [0.15, 0.2) is 5.82 Å². The molecule has 1 aromatic carbocycles. The van der Waals surface area contributed by atoms with Gasteiger partial charge in [0.05, 0.1) is 0 Å². The lowest BCUT2D eigenvalue weighted by Gasteiger charge is -1.96. The quantitative estimate of drug-likeness (QED) is 0.809. The average molecular weight is 283 g/mol. The van der Waals surface area contributed by atoms with Crippen molar-refractivity contribution >= 4 is 34.6 Å². The lowest BCUT2D eigenvalue weighted by molar-refractivity contribution is 0.388. The molecule has 2 rings (SSSR count). The van der Waals surface area contributed by atoms with Crippen molar-refractivity contribution in [2.24, 2.45) is 0 Å². The van der Waals surface area contributed by atoms with E-state index in [1.54, 1.807) is 12.3 Å². The van der Waals surface area contributed by atoms with Crippen LogP contribution in [-0.4, -0.2) is 20.6 Å². The number of aromatic nitrogens is 2. The van der Waals surface area contributed by atoms with Crippen LogP contribution in [0.2, 0.25) is 0 Å². The molecule has 0 saturated carbocycles. The average Bonchev–Trinajstić information content (AvgIpc) is 2.85. The Balaban J connectivity index is 2.11. The highest BCUT2D eigenvalue weighted by Gasteiger charge is 2.01. The van der Waals surface area contributed by atoms with Crippen LogP contribution in [0.3, 0.4) is 0 Å². The molecule has 0 fully saturated rings. The van der Waals surface area contributed by atoms with Gasteiger partial charge in [-0.2, -0.15) is 4.98 Å². The van der Waals surface area contributed by atoms with Crippen LogP contribution < -0.4 is 0 Å². The summed E-state index contributed by atoms with van der Waals surface area (Å²) in [6.45, 7) is 0. The number of hydrogen-bond donors (Lipinski definition) is 0. The molecule has 0 aliphatic rings. The van der Waals surface area contributed by atoms with Gasteiger partial charge in [0.2, 0.25) is 5.89 Å². The monoisotopic (exact) mass is 282 g/mol. The summed E-state index contributed by atoms with van der Waals surface area (Å²) in [6.07, 6.45) is 5.24. The summed E-state index contributed by atoms with van der Waals surface area (Å²) < 4.78 is 16.1. The fourth-order valence-electron chi connectivity index (χ4n) is 1.33. The molecule has 1 unspecified atom stereocenters. The van der Waals surface area contributed by atoms with Gasteiger partial charge in [-0.25, -0.2) is 0 Å². The highest BCUT2D eigenvalue weighted by Crippen LogP contribution is 2.10. The Morgan fingerprint density at radius 2 is 2.06 bits per heavy atom. The van der Waals surface area contributed by atoms with Gasteiger partial charge >= 0.3 is 0 Å². The first-order valence-electron chi connectivity index (χ1n) is 5.19. The molecule has 4 nitrogen and oxygen atoms in total. The lowest BCUT2D eigenvalue weighted by Crippen LogP contribution is -1.86. The second kappa shape index (κ2) is 5.93. The van der Waals surface area contributed by atoms with E-state index in [4.69, 9.17) is 16.1 Å². The Bertz CT molecular complexity index is 578. The van der Waals surface area contributed by atoms with E-state index in [1.807, 2.05) is 30.3 Å². The maximum absolute atomic E-state index is 11.2. The van der Waals surface area contributed by atoms with Crippen molar-refractivity contribution in [2.45, 2.75) is 10.8 Å². The van der Waals surface area contributed by atoms with Crippen molar-refractivity contribution in [2.75, 3.05) is 6.26 Å². The van der Waals surface area contributed by atoms with Crippen LogP contribution in [-0.2, 0) is 16.7 Å². The number of alkyl halides is 1. The smallest absolute Gasteiger partial charge is 0.241 e. The van der Waals surface area contributed by atoms with Gasteiger partial charge in [-0.1, -0.05) is 23.4 Å². The fourth-order valence-corrected chi connectivity index (χ4v) is 1.96. The van der Waals surface area contributed by atoms with Crippen LogP contribution in [0, 0.1) is 0 Å². The summed E-state index contributed by atoms with van der Waals surface area (Å²) in [5, 5.41) is 3.74. The van der Waals surface area contributed by atoms with E-state index in [2.05, 4.69) is 10.1 Å². The first kappa shape index (κ1) is 13.0. The number of halogens is 1. The molecule has 18 heavy (non-hydrogen) atoms. The molecule has 1 aromatic heterocycles. The molecular weight excluding hydrogens is 272 g/mol. The van der Waals surface area contributed by atoms with Gasteiger partial charge in [-0.15, -0.1) is 11.6 Å². The number of benzene rings is 1. The third-order valence-corrected chi connectivity index (χ3v) is 3.40. The highest BCUT2D eigenvalue weighted by atomic mass is 35.5. The summed E-state index contributed by atoms with van der Waals surface area (Å²) >= 11 is 5.56. The summed E-state index contributed by atoms with van der Waals surface area (Å²) in [6, 6.07) is 7.43. The van der Waals surface area contributed by atoms with Gasteiger partial charge in [-0.05, 0) is 23.8 Å². The molecule has 1 heterocycles. The third kappa shape index (κ3) is 3.27. The molecule has 2 aromatic rings. The first-order valence-corrected chi connectivity index (χ1v) is 7.28. The van der Waals surface area contributed by atoms with E-state index in [-0.39, 0.29) is 5.88 Å². The molecule has 0 bridgehead atoms. The van der Waals surface area contributed by atoms with Crippen LogP contribution >= 0.6 is 11.6 Å². The molecule has 0 N–H and O–H groups in total. The zero-order valence-electron chi connectivity index (χ0n) is 9.67. The summed E-state index contributed by atoms with van der Waals surface area (Å²) in [5.74, 6) is 1.08. The van der Waals surface area contributed by atoms with Crippen molar-refractivity contribution in [1.29, 1.82) is 0 Å². The maximum atomic E-state index is 11.2. The minimum Gasteiger partial charge on any atom is -0.338 e. The molecular formula is C12H11ClN2O2S. The van der Waals surface area contributed by atoms with E-state index < -0.39 is 10.8 Å². The van der Waals surface area contributed by atoms with Crippen LogP contribution in [0.5, 0.6) is 0 Å². The minimum absolute atomic E-state index is 0.206. The van der Waals surface area contributed by atoms with Crippen LogP contribution in [0.4, 0.5) is 0 Å². The number of rotatable bonds is 4. The van der Waals surface area contributed by atoms with E-state index >= 15 is 0 Å². The molecule has 0 aliphatic carbocycles. The molecule has 0 spiro atoms. The predicted molar refractivity (Wildman–Crippen MR) is 71.6 cm³/mol. The predicted octanol–water partition coefficient (Wildman–Crippen LogP) is 2.72. The van der Waals surface area contributed by atoms with Gasteiger partial charge in [0, 0.05) is 22.0 Å². The van der Waals surface area contributed by atoms with Crippen molar-refractivity contribution in [3.05, 3.63) is 41.5 Å². The molecule has 1 atom stereocenters. The second-order valence-electron chi connectivity index (χ2n) is 3.54. The zero-order valence-corrected chi connectivity index (χ0v) is 11.2. The molecule has 0 saturated heterocycles. The lowest BCUT2D eigenvalue weighted by atomic mass is 10.2. The minimum atomic E-state index is -0.954. The second-order valence-corrected chi connectivity index (χ2v) is 5.18. The van der Waals surface area contributed by atoms with E-state index in [0.29, 0.717) is 11.7 Å². The molecule has 0 radical (unpaired) electrons. The van der Waals surface area contributed by atoms with Crippen LogP contribution in [0.25, 0.3) is 12.2 Å².